The summed E-state index contributed by atoms with van der Waals surface area (Å²) in [4.78, 5) is 12.2. The zero-order chi connectivity index (χ0) is 17.0. The molecular weight excluding hydrogens is 304 g/mol. The molecule has 0 aliphatic heterocycles. The van der Waals surface area contributed by atoms with Crippen molar-refractivity contribution in [3.05, 3.63) is 59.2 Å². The van der Waals surface area contributed by atoms with Gasteiger partial charge in [-0.3, -0.25) is 4.79 Å². The second-order valence-corrected chi connectivity index (χ2v) is 4.96. The maximum absolute atomic E-state index is 13.2. The summed E-state index contributed by atoms with van der Waals surface area (Å²) in [6, 6.07) is 7.42. The van der Waals surface area contributed by atoms with Crippen molar-refractivity contribution in [2.24, 2.45) is 0 Å². The largest absolute Gasteiger partial charge is 0.497 e. The summed E-state index contributed by atoms with van der Waals surface area (Å²) in [5, 5.41) is 2.69. The van der Waals surface area contributed by atoms with E-state index in [-0.39, 0.29) is 5.56 Å². The number of carbonyl (C=O) groups excluding carboxylic acids is 1. The minimum atomic E-state index is -0.804. The quantitative estimate of drug-likeness (QED) is 0.917. The molecule has 4 nitrogen and oxygen atoms in total. The van der Waals surface area contributed by atoms with E-state index in [1.165, 1.54) is 14.2 Å². The van der Waals surface area contributed by atoms with Gasteiger partial charge in [-0.25, -0.2) is 8.78 Å². The predicted octanol–water partition coefficient (Wildman–Crippen LogP) is 3.47. The summed E-state index contributed by atoms with van der Waals surface area (Å²) in [6.45, 7) is 1.74. The number of hydrogen-bond donors (Lipinski definition) is 1. The lowest BCUT2D eigenvalue weighted by Gasteiger charge is -2.18. The molecule has 0 spiro atoms. The van der Waals surface area contributed by atoms with Gasteiger partial charge in [-0.05, 0) is 37.3 Å². The number of carbonyl (C=O) groups is 1. The molecule has 6 heteroatoms. The number of methoxy groups -OCH3 is 2. The van der Waals surface area contributed by atoms with Gasteiger partial charge in [0.1, 0.15) is 23.1 Å². The van der Waals surface area contributed by atoms with Gasteiger partial charge in [0, 0.05) is 17.2 Å². The number of benzene rings is 2. The van der Waals surface area contributed by atoms with Crippen molar-refractivity contribution < 1.29 is 23.0 Å². The number of ether oxygens (including phenoxy) is 2. The van der Waals surface area contributed by atoms with Gasteiger partial charge in [-0.1, -0.05) is 0 Å². The molecule has 0 bridgehead atoms. The van der Waals surface area contributed by atoms with Gasteiger partial charge in [0.2, 0.25) is 0 Å². The fraction of sp³-hybridized carbons (Fsp3) is 0.235. The fourth-order valence-electron chi connectivity index (χ4n) is 2.22. The van der Waals surface area contributed by atoms with Gasteiger partial charge in [0.15, 0.2) is 0 Å². The van der Waals surface area contributed by atoms with E-state index in [1.54, 1.807) is 25.1 Å². The standard InChI is InChI=1S/C17H17F2NO3/c1-10(15-9-14(22-2)4-5-16(15)23-3)20-17(21)11-6-12(18)8-13(19)7-11/h4-10H,1-3H3,(H,20,21)/t10-/m0/s1. The van der Waals surface area contributed by atoms with E-state index in [4.69, 9.17) is 9.47 Å². The Morgan fingerprint density at radius 2 is 1.70 bits per heavy atom. The highest BCUT2D eigenvalue weighted by molar-refractivity contribution is 5.94. The molecule has 0 saturated carbocycles. The topological polar surface area (TPSA) is 47.6 Å². The van der Waals surface area contributed by atoms with Crippen LogP contribution in [0, 0.1) is 11.6 Å². The molecule has 2 rings (SSSR count). The summed E-state index contributed by atoms with van der Waals surface area (Å²) < 4.78 is 36.8. The second kappa shape index (κ2) is 7.09. The Labute approximate surface area is 133 Å². The highest BCUT2D eigenvalue weighted by atomic mass is 19.1. The molecule has 2 aromatic rings. The van der Waals surface area contributed by atoms with Crippen LogP contribution in [0.15, 0.2) is 36.4 Å². The van der Waals surface area contributed by atoms with Gasteiger partial charge in [-0.2, -0.15) is 0 Å². The van der Waals surface area contributed by atoms with Gasteiger partial charge in [-0.15, -0.1) is 0 Å². The Hall–Kier alpha value is -2.63. The zero-order valence-corrected chi connectivity index (χ0v) is 13.0. The molecule has 0 aliphatic rings. The van der Waals surface area contributed by atoms with Crippen LogP contribution in [-0.2, 0) is 0 Å². The summed E-state index contributed by atoms with van der Waals surface area (Å²) in [6.07, 6.45) is 0. The molecule has 0 aliphatic carbocycles. The number of halogens is 2. The second-order valence-electron chi connectivity index (χ2n) is 4.96. The van der Waals surface area contributed by atoms with Gasteiger partial charge < -0.3 is 14.8 Å². The number of rotatable bonds is 5. The van der Waals surface area contributed by atoms with Crippen LogP contribution in [0.4, 0.5) is 8.78 Å². The zero-order valence-electron chi connectivity index (χ0n) is 13.0. The van der Waals surface area contributed by atoms with Crippen molar-refractivity contribution >= 4 is 5.91 Å². The molecule has 0 fully saturated rings. The molecule has 1 atom stereocenters. The average Bonchev–Trinajstić information content (AvgIpc) is 2.53. The number of hydrogen-bond acceptors (Lipinski definition) is 3. The number of amides is 1. The fourth-order valence-corrected chi connectivity index (χ4v) is 2.22. The minimum absolute atomic E-state index is 0.0868. The van der Waals surface area contributed by atoms with E-state index in [0.717, 1.165) is 12.1 Å². The Kier molecular flexibility index (Phi) is 5.16. The van der Waals surface area contributed by atoms with E-state index in [0.29, 0.717) is 23.1 Å². The Morgan fingerprint density at radius 3 is 2.26 bits per heavy atom. The molecule has 2 aromatic carbocycles. The molecule has 23 heavy (non-hydrogen) atoms. The van der Waals surface area contributed by atoms with Gasteiger partial charge >= 0.3 is 0 Å². The smallest absolute Gasteiger partial charge is 0.251 e. The summed E-state index contributed by atoms with van der Waals surface area (Å²) in [7, 11) is 3.05. The molecule has 0 heterocycles. The maximum Gasteiger partial charge on any atom is 0.251 e. The maximum atomic E-state index is 13.2. The first-order valence-electron chi connectivity index (χ1n) is 6.93. The van der Waals surface area contributed by atoms with Crippen LogP contribution in [0.1, 0.15) is 28.9 Å². The van der Waals surface area contributed by atoms with Gasteiger partial charge in [0.05, 0.1) is 20.3 Å². The molecule has 0 unspecified atom stereocenters. The molecule has 1 N–H and O–H groups in total. The van der Waals surface area contributed by atoms with Crippen LogP contribution in [0.25, 0.3) is 0 Å². The van der Waals surface area contributed by atoms with Crippen LogP contribution in [0.2, 0.25) is 0 Å². The SMILES string of the molecule is COc1ccc(OC)c([C@H](C)NC(=O)c2cc(F)cc(F)c2)c1. The minimum Gasteiger partial charge on any atom is -0.497 e. The molecule has 122 valence electrons. The van der Waals surface area contributed by atoms with E-state index in [1.807, 2.05) is 0 Å². The first-order valence-corrected chi connectivity index (χ1v) is 6.93. The normalized spacial score (nSPS) is 11.7. The van der Waals surface area contributed by atoms with E-state index >= 15 is 0 Å². The molecule has 0 radical (unpaired) electrons. The third-order valence-electron chi connectivity index (χ3n) is 3.38. The molecule has 0 saturated heterocycles. The highest BCUT2D eigenvalue weighted by Gasteiger charge is 2.17. The summed E-state index contributed by atoms with van der Waals surface area (Å²) in [5.41, 5.74) is 0.605. The van der Waals surface area contributed by atoms with Crippen molar-refractivity contribution in [2.75, 3.05) is 14.2 Å². The van der Waals surface area contributed by atoms with Crippen molar-refractivity contribution in [1.29, 1.82) is 0 Å². The van der Waals surface area contributed by atoms with E-state index in [2.05, 4.69) is 5.32 Å². The van der Waals surface area contributed by atoms with Crippen LogP contribution in [0.5, 0.6) is 11.5 Å². The van der Waals surface area contributed by atoms with Crippen LogP contribution < -0.4 is 14.8 Å². The number of nitrogens with one attached hydrogen (secondary N) is 1. The lowest BCUT2D eigenvalue weighted by Crippen LogP contribution is -2.27. The highest BCUT2D eigenvalue weighted by Crippen LogP contribution is 2.29. The van der Waals surface area contributed by atoms with E-state index < -0.39 is 23.6 Å². The van der Waals surface area contributed by atoms with Crippen molar-refractivity contribution in [3.8, 4) is 11.5 Å². The van der Waals surface area contributed by atoms with Crippen LogP contribution >= 0.6 is 0 Å². The van der Waals surface area contributed by atoms with Crippen molar-refractivity contribution in [2.45, 2.75) is 13.0 Å². The molecule has 1 amide bonds. The Morgan fingerprint density at radius 1 is 1.04 bits per heavy atom. The lowest BCUT2D eigenvalue weighted by atomic mass is 10.1. The first-order chi connectivity index (χ1) is 10.9. The molecule has 0 aromatic heterocycles. The predicted molar refractivity (Wildman–Crippen MR) is 81.8 cm³/mol. The van der Waals surface area contributed by atoms with Crippen molar-refractivity contribution in [1.82, 2.24) is 5.32 Å². The monoisotopic (exact) mass is 321 g/mol. The summed E-state index contributed by atoms with van der Waals surface area (Å²) in [5.74, 6) is -1.01. The third kappa shape index (κ3) is 3.97. The van der Waals surface area contributed by atoms with Crippen LogP contribution in [0.3, 0.4) is 0 Å². The Bertz CT molecular complexity index is 699. The lowest BCUT2D eigenvalue weighted by molar-refractivity contribution is 0.0938. The van der Waals surface area contributed by atoms with Crippen molar-refractivity contribution in [3.63, 3.8) is 0 Å². The Balaban J connectivity index is 2.24. The summed E-state index contributed by atoms with van der Waals surface area (Å²) >= 11 is 0. The van der Waals surface area contributed by atoms with Gasteiger partial charge in [0.25, 0.3) is 5.91 Å². The first kappa shape index (κ1) is 16.7. The van der Waals surface area contributed by atoms with E-state index in [9.17, 15) is 13.6 Å². The molecular formula is C17H17F2NO3. The third-order valence-corrected chi connectivity index (χ3v) is 3.38. The van der Waals surface area contributed by atoms with Crippen LogP contribution in [-0.4, -0.2) is 20.1 Å². The average molecular weight is 321 g/mol.